The summed E-state index contributed by atoms with van der Waals surface area (Å²) in [4.78, 5) is 8.69. The number of pyridine rings is 2. The van der Waals surface area contributed by atoms with Crippen molar-refractivity contribution >= 4 is 32.7 Å². The minimum absolute atomic E-state index is 0.201. The number of aromatic nitrogens is 2. The minimum Gasteiger partial charge on any atom is -0.383 e. The molecule has 0 fully saturated rings. The molecule has 0 saturated carbocycles. The first-order valence-electron chi connectivity index (χ1n) is 6.61. The standard InChI is InChI=1S/C16H13BrFN3/c17-12-9-15-16(21-10-12)14(5-7-20-15)19-6-4-11-2-1-3-13(18)8-11/h1-3,5,7-10H,4,6H2,(H,19,20). The van der Waals surface area contributed by atoms with Crippen LogP contribution in [0.2, 0.25) is 0 Å². The lowest BCUT2D eigenvalue weighted by molar-refractivity contribution is 0.625. The molecule has 5 heteroatoms. The van der Waals surface area contributed by atoms with Crippen LogP contribution in [0.1, 0.15) is 5.56 Å². The summed E-state index contributed by atoms with van der Waals surface area (Å²) in [6.07, 6.45) is 4.25. The molecule has 0 bridgehead atoms. The van der Waals surface area contributed by atoms with E-state index in [4.69, 9.17) is 0 Å². The first-order valence-corrected chi connectivity index (χ1v) is 7.40. The molecule has 0 amide bonds. The van der Waals surface area contributed by atoms with Gasteiger partial charge < -0.3 is 5.32 Å². The Hall–Kier alpha value is -2.01. The summed E-state index contributed by atoms with van der Waals surface area (Å²) in [7, 11) is 0. The third-order valence-corrected chi connectivity index (χ3v) is 3.60. The van der Waals surface area contributed by atoms with Crippen LogP contribution in [0.3, 0.4) is 0 Å². The molecule has 0 radical (unpaired) electrons. The third kappa shape index (κ3) is 3.36. The van der Waals surface area contributed by atoms with Gasteiger partial charge in [-0.3, -0.25) is 9.97 Å². The van der Waals surface area contributed by atoms with Crippen LogP contribution in [0, 0.1) is 5.82 Å². The predicted octanol–water partition coefficient (Wildman–Crippen LogP) is 4.19. The highest BCUT2D eigenvalue weighted by molar-refractivity contribution is 9.10. The van der Waals surface area contributed by atoms with E-state index in [0.29, 0.717) is 6.54 Å². The molecule has 21 heavy (non-hydrogen) atoms. The maximum Gasteiger partial charge on any atom is 0.123 e. The molecule has 106 valence electrons. The lowest BCUT2D eigenvalue weighted by atomic mass is 10.1. The van der Waals surface area contributed by atoms with Gasteiger partial charge in [-0.15, -0.1) is 0 Å². The average molecular weight is 346 g/mol. The van der Waals surface area contributed by atoms with Crippen LogP contribution in [-0.4, -0.2) is 16.5 Å². The van der Waals surface area contributed by atoms with E-state index < -0.39 is 0 Å². The van der Waals surface area contributed by atoms with E-state index in [1.54, 1.807) is 24.5 Å². The number of hydrogen-bond acceptors (Lipinski definition) is 3. The second-order valence-electron chi connectivity index (χ2n) is 4.69. The summed E-state index contributed by atoms with van der Waals surface area (Å²) >= 11 is 3.39. The Morgan fingerprint density at radius 1 is 1.14 bits per heavy atom. The highest BCUT2D eigenvalue weighted by atomic mass is 79.9. The molecular weight excluding hydrogens is 333 g/mol. The van der Waals surface area contributed by atoms with Gasteiger partial charge in [-0.2, -0.15) is 0 Å². The molecule has 3 rings (SSSR count). The molecule has 0 spiro atoms. The number of hydrogen-bond donors (Lipinski definition) is 1. The van der Waals surface area contributed by atoms with E-state index in [-0.39, 0.29) is 5.82 Å². The van der Waals surface area contributed by atoms with Crippen LogP contribution in [0.4, 0.5) is 10.1 Å². The van der Waals surface area contributed by atoms with Crippen molar-refractivity contribution < 1.29 is 4.39 Å². The maximum atomic E-state index is 13.1. The van der Waals surface area contributed by atoms with Gasteiger partial charge in [-0.1, -0.05) is 12.1 Å². The van der Waals surface area contributed by atoms with Gasteiger partial charge >= 0.3 is 0 Å². The number of anilines is 1. The van der Waals surface area contributed by atoms with Gasteiger partial charge in [0.05, 0.1) is 11.2 Å². The van der Waals surface area contributed by atoms with Gasteiger partial charge in [-0.05, 0) is 52.2 Å². The molecular formula is C16H13BrFN3. The zero-order valence-corrected chi connectivity index (χ0v) is 12.8. The fourth-order valence-electron chi connectivity index (χ4n) is 2.18. The summed E-state index contributed by atoms with van der Waals surface area (Å²) in [6.45, 7) is 0.709. The Balaban J connectivity index is 1.73. The van der Waals surface area contributed by atoms with Crippen LogP contribution in [-0.2, 0) is 6.42 Å². The molecule has 2 heterocycles. The summed E-state index contributed by atoms with van der Waals surface area (Å²) < 4.78 is 14.0. The lowest BCUT2D eigenvalue weighted by Gasteiger charge is -2.09. The van der Waals surface area contributed by atoms with Crippen LogP contribution in [0.25, 0.3) is 11.0 Å². The fourth-order valence-corrected chi connectivity index (χ4v) is 2.50. The SMILES string of the molecule is Fc1cccc(CCNc2ccnc3cc(Br)cnc23)c1. The normalized spacial score (nSPS) is 10.8. The van der Waals surface area contributed by atoms with Crippen LogP contribution in [0.5, 0.6) is 0 Å². The molecule has 1 N–H and O–H groups in total. The summed E-state index contributed by atoms with van der Waals surface area (Å²) in [5.74, 6) is -0.201. The largest absolute Gasteiger partial charge is 0.383 e. The van der Waals surface area contributed by atoms with E-state index in [2.05, 4.69) is 31.2 Å². The van der Waals surface area contributed by atoms with Crippen molar-refractivity contribution in [1.82, 2.24) is 9.97 Å². The highest BCUT2D eigenvalue weighted by Gasteiger charge is 2.04. The summed E-state index contributed by atoms with van der Waals surface area (Å²) in [5.41, 5.74) is 3.57. The number of halogens is 2. The van der Waals surface area contributed by atoms with Crippen LogP contribution >= 0.6 is 15.9 Å². The molecule has 3 nitrogen and oxygen atoms in total. The maximum absolute atomic E-state index is 13.1. The number of nitrogens with one attached hydrogen (secondary N) is 1. The van der Waals surface area contributed by atoms with Gasteiger partial charge in [0.25, 0.3) is 0 Å². The van der Waals surface area contributed by atoms with Gasteiger partial charge in [0.15, 0.2) is 0 Å². The zero-order chi connectivity index (χ0) is 14.7. The van der Waals surface area contributed by atoms with Crippen molar-refractivity contribution in [3.05, 3.63) is 64.6 Å². The monoisotopic (exact) mass is 345 g/mol. The van der Waals surface area contributed by atoms with Crippen molar-refractivity contribution in [1.29, 1.82) is 0 Å². The number of fused-ring (bicyclic) bond motifs is 1. The quantitative estimate of drug-likeness (QED) is 0.770. The molecule has 0 atom stereocenters. The van der Waals surface area contributed by atoms with E-state index in [0.717, 1.165) is 33.2 Å². The Kier molecular flexibility index (Phi) is 4.10. The number of nitrogens with zero attached hydrogens (tertiary/aromatic N) is 2. The van der Waals surface area contributed by atoms with Gasteiger partial charge in [0, 0.05) is 23.4 Å². The average Bonchev–Trinajstić information content (AvgIpc) is 2.47. The highest BCUT2D eigenvalue weighted by Crippen LogP contribution is 2.21. The van der Waals surface area contributed by atoms with Gasteiger partial charge in [0.1, 0.15) is 11.3 Å². The van der Waals surface area contributed by atoms with Gasteiger partial charge in [0.2, 0.25) is 0 Å². The van der Waals surface area contributed by atoms with E-state index in [1.807, 2.05) is 18.2 Å². The van der Waals surface area contributed by atoms with Crippen molar-refractivity contribution in [2.24, 2.45) is 0 Å². The summed E-state index contributed by atoms with van der Waals surface area (Å²) in [6, 6.07) is 10.5. The van der Waals surface area contributed by atoms with Crippen molar-refractivity contribution in [2.75, 3.05) is 11.9 Å². The Morgan fingerprint density at radius 2 is 2.05 bits per heavy atom. The molecule has 0 unspecified atom stereocenters. The smallest absolute Gasteiger partial charge is 0.123 e. The van der Waals surface area contributed by atoms with Crippen LogP contribution < -0.4 is 5.32 Å². The Labute approximate surface area is 130 Å². The number of rotatable bonds is 4. The zero-order valence-electron chi connectivity index (χ0n) is 11.2. The van der Waals surface area contributed by atoms with E-state index in [9.17, 15) is 4.39 Å². The van der Waals surface area contributed by atoms with E-state index >= 15 is 0 Å². The van der Waals surface area contributed by atoms with Crippen LogP contribution in [0.15, 0.2) is 53.3 Å². The minimum atomic E-state index is -0.201. The number of benzene rings is 1. The topological polar surface area (TPSA) is 37.8 Å². The van der Waals surface area contributed by atoms with Crippen molar-refractivity contribution in [3.8, 4) is 0 Å². The first kappa shape index (κ1) is 13.9. The van der Waals surface area contributed by atoms with E-state index in [1.165, 1.54) is 6.07 Å². The van der Waals surface area contributed by atoms with Gasteiger partial charge in [-0.25, -0.2) is 4.39 Å². The van der Waals surface area contributed by atoms with Crippen molar-refractivity contribution in [3.63, 3.8) is 0 Å². The molecule has 0 saturated heterocycles. The molecule has 2 aromatic heterocycles. The Bertz CT molecular complexity index is 776. The third-order valence-electron chi connectivity index (χ3n) is 3.16. The fraction of sp³-hybridized carbons (Fsp3) is 0.125. The predicted molar refractivity (Wildman–Crippen MR) is 85.8 cm³/mol. The second kappa shape index (κ2) is 6.18. The lowest BCUT2D eigenvalue weighted by Crippen LogP contribution is -2.06. The second-order valence-corrected chi connectivity index (χ2v) is 5.60. The first-order chi connectivity index (χ1) is 10.2. The molecule has 0 aliphatic heterocycles. The molecule has 0 aliphatic carbocycles. The van der Waals surface area contributed by atoms with Crippen molar-refractivity contribution in [2.45, 2.75) is 6.42 Å². The molecule has 0 aliphatic rings. The summed E-state index contributed by atoms with van der Waals surface area (Å²) in [5, 5.41) is 3.33. The Morgan fingerprint density at radius 3 is 2.90 bits per heavy atom. The molecule has 1 aromatic carbocycles. The molecule has 3 aromatic rings.